The molecular weight excluding hydrogens is 154 g/mol. The molecule has 0 N–H and O–H groups in total. The lowest BCUT2D eigenvalue weighted by Crippen LogP contribution is -2.38. The van der Waals surface area contributed by atoms with Gasteiger partial charge in [-0.2, -0.15) is 0 Å². The van der Waals surface area contributed by atoms with Crippen LogP contribution in [0, 0.1) is 5.92 Å². The molecule has 1 aliphatic heterocycles. The Morgan fingerprint density at radius 1 is 1.67 bits per heavy atom. The molecule has 0 aliphatic carbocycles. The Kier molecular flexibility index (Phi) is 3.26. The Bertz CT molecular complexity index is 179. The van der Waals surface area contributed by atoms with E-state index in [4.69, 9.17) is 0 Å². The number of rotatable bonds is 3. The third-order valence-electron chi connectivity index (χ3n) is 2.43. The summed E-state index contributed by atoms with van der Waals surface area (Å²) in [6.45, 7) is 3.61. The van der Waals surface area contributed by atoms with Gasteiger partial charge in [0.25, 0.3) is 0 Å². The van der Waals surface area contributed by atoms with Crippen LogP contribution in [0.5, 0.6) is 0 Å². The lowest BCUT2D eigenvalue weighted by Gasteiger charge is -2.29. The second-order valence-electron chi connectivity index (χ2n) is 3.23. The van der Waals surface area contributed by atoms with Crippen LogP contribution in [-0.2, 0) is 9.59 Å². The van der Waals surface area contributed by atoms with Gasteiger partial charge in [-0.05, 0) is 19.3 Å². The van der Waals surface area contributed by atoms with Crippen LogP contribution < -0.4 is 0 Å². The van der Waals surface area contributed by atoms with Crippen molar-refractivity contribution in [2.45, 2.75) is 26.2 Å². The van der Waals surface area contributed by atoms with Crippen molar-refractivity contribution in [2.24, 2.45) is 5.92 Å². The van der Waals surface area contributed by atoms with Crippen LogP contribution in [0.3, 0.4) is 0 Å². The fourth-order valence-electron chi connectivity index (χ4n) is 1.61. The molecule has 0 aromatic heterocycles. The van der Waals surface area contributed by atoms with Gasteiger partial charge in [0.05, 0.1) is 0 Å². The summed E-state index contributed by atoms with van der Waals surface area (Å²) in [6.07, 6.45) is 3.01. The molecule has 1 fully saturated rings. The fourth-order valence-corrected chi connectivity index (χ4v) is 1.61. The van der Waals surface area contributed by atoms with Crippen molar-refractivity contribution < 1.29 is 9.59 Å². The average Bonchev–Trinajstić information content (AvgIpc) is 2.05. The molecule has 0 radical (unpaired) electrons. The second kappa shape index (κ2) is 4.24. The molecule has 1 unspecified atom stereocenters. The first kappa shape index (κ1) is 9.23. The maximum atomic E-state index is 11.3. The molecule has 0 aromatic carbocycles. The monoisotopic (exact) mass is 169 g/mol. The first-order chi connectivity index (χ1) is 5.77. The van der Waals surface area contributed by atoms with Gasteiger partial charge in [-0.25, -0.2) is 0 Å². The van der Waals surface area contributed by atoms with Gasteiger partial charge in [0.15, 0.2) is 0 Å². The van der Waals surface area contributed by atoms with Crippen LogP contribution in [0.15, 0.2) is 0 Å². The van der Waals surface area contributed by atoms with E-state index in [1.165, 1.54) is 0 Å². The van der Waals surface area contributed by atoms with Gasteiger partial charge in [-0.3, -0.25) is 4.79 Å². The van der Waals surface area contributed by atoms with Gasteiger partial charge in [0, 0.05) is 25.9 Å². The van der Waals surface area contributed by atoms with Gasteiger partial charge in [0.1, 0.15) is 6.29 Å². The van der Waals surface area contributed by atoms with E-state index < -0.39 is 0 Å². The normalized spacial score (nSPS) is 24.2. The van der Waals surface area contributed by atoms with Crippen LogP contribution >= 0.6 is 0 Å². The topological polar surface area (TPSA) is 37.4 Å². The third kappa shape index (κ3) is 2.06. The summed E-state index contributed by atoms with van der Waals surface area (Å²) in [4.78, 5) is 23.4. The SMILES string of the molecule is CCN1CCC(CC=O)CC1=O. The summed E-state index contributed by atoms with van der Waals surface area (Å²) in [5, 5.41) is 0. The lowest BCUT2D eigenvalue weighted by atomic mass is 9.94. The zero-order chi connectivity index (χ0) is 8.97. The van der Waals surface area contributed by atoms with E-state index in [9.17, 15) is 9.59 Å². The summed E-state index contributed by atoms with van der Waals surface area (Å²) < 4.78 is 0. The van der Waals surface area contributed by atoms with E-state index in [1.807, 2.05) is 11.8 Å². The molecule has 3 heteroatoms. The third-order valence-corrected chi connectivity index (χ3v) is 2.43. The van der Waals surface area contributed by atoms with Crippen molar-refractivity contribution >= 4 is 12.2 Å². The molecule has 1 heterocycles. The minimum atomic E-state index is 0.204. The van der Waals surface area contributed by atoms with Gasteiger partial charge in [-0.15, -0.1) is 0 Å². The number of nitrogens with zero attached hydrogens (tertiary/aromatic N) is 1. The summed E-state index contributed by atoms with van der Waals surface area (Å²) in [5.74, 6) is 0.508. The maximum Gasteiger partial charge on any atom is 0.222 e. The average molecular weight is 169 g/mol. The van der Waals surface area contributed by atoms with E-state index in [0.29, 0.717) is 18.8 Å². The zero-order valence-corrected chi connectivity index (χ0v) is 7.45. The minimum absolute atomic E-state index is 0.204. The quantitative estimate of drug-likeness (QED) is 0.587. The predicted octanol–water partition coefficient (Wildman–Crippen LogP) is 0.834. The van der Waals surface area contributed by atoms with Crippen LogP contribution in [0.1, 0.15) is 26.2 Å². The highest BCUT2D eigenvalue weighted by molar-refractivity contribution is 5.77. The van der Waals surface area contributed by atoms with E-state index in [1.54, 1.807) is 0 Å². The molecule has 1 amide bonds. The molecule has 0 bridgehead atoms. The highest BCUT2D eigenvalue weighted by Crippen LogP contribution is 2.19. The second-order valence-corrected chi connectivity index (χ2v) is 3.23. The molecule has 12 heavy (non-hydrogen) atoms. The number of amides is 1. The molecule has 0 aromatic rings. The molecule has 1 saturated heterocycles. The van der Waals surface area contributed by atoms with Gasteiger partial charge in [-0.1, -0.05) is 0 Å². The summed E-state index contributed by atoms with van der Waals surface area (Å²) in [6, 6.07) is 0. The first-order valence-corrected chi connectivity index (χ1v) is 4.49. The molecule has 3 nitrogen and oxygen atoms in total. The maximum absolute atomic E-state index is 11.3. The Balaban J connectivity index is 2.40. The largest absolute Gasteiger partial charge is 0.343 e. The smallest absolute Gasteiger partial charge is 0.222 e. The fraction of sp³-hybridized carbons (Fsp3) is 0.778. The number of carbonyl (C=O) groups excluding carboxylic acids is 2. The van der Waals surface area contributed by atoms with E-state index >= 15 is 0 Å². The number of piperidine rings is 1. The van der Waals surface area contributed by atoms with Crippen molar-refractivity contribution in [3.63, 3.8) is 0 Å². The van der Waals surface area contributed by atoms with Crippen molar-refractivity contribution in [2.75, 3.05) is 13.1 Å². The highest BCUT2D eigenvalue weighted by atomic mass is 16.2. The number of aldehydes is 1. The lowest BCUT2D eigenvalue weighted by molar-refractivity contribution is -0.134. The number of carbonyl (C=O) groups is 2. The zero-order valence-electron chi connectivity index (χ0n) is 7.45. The van der Waals surface area contributed by atoms with Crippen LogP contribution in [0.4, 0.5) is 0 Å². The Hall–Kier alpha value is -0.860. The first-order valence-electron chi connectivity index (χ1n) is 4.49. The van der Waals surface area contributed by atoms with Crippen molar-refractivity contribution in [3.8, 4) is 0 Å². The molecular formula is C9H15NO2. The van der Waals surface area contributed by atoms with Crippen LogP contribution in [0.2, 0.25) is 0 Å². The number of likely N-dealkylation sites (tertiary alicyclic amines) is 1. The van der Waals surface area contributed by atoms with Crippen molar-refractivity contribution in [3.05, 3.63) is 0 Å². The molecule has 1 atom stereocenters. The number of hydrogen-bond acceptors (Lipinski definition) is 2. The van der Waals surface area contributed by atoms with Gasteiger partial charge < -0.3 is 9.69 Å². The van der Waals surface area contributed by atoms with E-state index in [0.717, 1.165) is 25.8 Å². The van der Waals surface area contributed by atoms with Gasteiger partial charge >= 0.3 is 0 Å². The predicted molar refractivity (Wildman–Crippen MR) is 45.7 cm³/mol. The Morgan fingerprint density at radius 2 is 2.42 bits per heavy atom. The van der Waals surface area contributed by atoms with Crippen molar-refractivity contribution in [1.82, 2.24) is 4.90 Å². The summed E-state index contributed by atoms with van der Waals surface area (Å²) >= 11 is 0. The molecule has 0 saturated carbocycles. The highest BCUT2D eigenvalue weighted by Gasteiger charge is 2.23. The van der Waals surface area contributed by atoms with Crippen LogP contribution in [-0.4, -0.2) is 30.2 Å². The Labute approximate surface area is 72.7 Å². The Morgan fingerprint density at radius 3 is 2.92 bits per heavy atom. The standard InChI is InChI=1S/C9H15NO2/c1-2-10-5-3-8(4-6-11)7-9(10)12/h6,8H,2-5,7H2,1H3. The van der Waals surface area contributed by atoms with E-state index in [2.05, 4.69) is 0 Å². The molecule has 1 aliphatic rings. The summed E-state index contributed by atoms with van der Waals surface area (Å²) in [5.41, 5.74) is 0. The van der Waals surface area contributed by atoms with Crippen molar-refractivity contribution in [1.29, 1.82) is 0 Å². The minimum Gasteiger partial charge on any atom is -0.343 e. The molecule has 0 spiro atoms. The van der Waals surface area contributed by atoms with E-state index in [-0.39, 0.29) is 5.91 Å². The van der Waals surface area contributed by atoms with Crippen LogP contribution in [0.25, 0.3) is 0 Å². The molecule has 68 valence electrons. The number of hydrogen-bond donors (Lipinski definition) is 0. The molecule has 1 rings (SSSR count). The van der Waals surface area contributed by atoms with Gasteiger partial charge in [0.2, 0.25) is 5.91 Å². The summed E-state index contributed by atoms with van der Waals surface area (Å²) in [7, 11) is 0.